The Labute approximate surface area is 110 Å². The molecule has 4 nitrogen and oxygen atoms in total. The van der Waals surface area contributed by atoms with Gasteiger partial charge in [0.05, 0.1) is 13.5 Å². The lowest BCUT2D eigenvalue weighted by atomic mass is 10.2. The molecule has 0 aliphatic rings. The third-order valence-corrected chi connectivity index (χ3v) is 2.51. The van der Waals surface area contributed by atoms with Gasteiger partial charge in [0.1, 0.15) is 5.69 Å². The van der Waals surface area contributed by atoms with Crippen LogP contribution in [0.1, 0.15) is 12.8 Å². The Morgan fingerprint density at radius 1 is 1.28 bits per heavy atom. The molecular formula is C11H10BrF2NO3. The first-order valence-corrected chi connectivity index (χ1v) is 5.74. The third-order valence-electron chi connectivity index (χ3n) is 2.06. The summed E-state index contributed by atoms with van der Waals surface area (Å²) in [5, 5.41) is 2.07. The van der Waals surface area contributed by atoms with Crippen LogP contribution in [0.5, 0.6) is 0 Å². The maximum atomic E-state index is 13.4. The second-order valence-electron chi connectivity index (χ2n) is 3.37. The van der Waals surface area contributed by atoms with Gasteiger partial charge in [-0.25, -0.2) is 8.78 Å². The van der Waals surface area contributed by atoms with Gasteiger partial charge < -0.3 is 10.1 Å². The van der Waals surface area contributed by atoms with Crippen LogP contribution in [0.25, 0.3) is 0 Å². The number of anilines is 1. The van der Waals surface area contributed by atoms with E-state index >= 15 is 0 Å². The minimum absolute atomic E-state index is 0.151. The summed E-state index contributed by atoms with van der Waals surface area (Å²) in [7, 11) is 1.19. The summed E-state index contributed by atoms with van der Waals surface area (Å²) < 4.78 is 31.3. The number of hydrogen-bond donors (Lipinski definition) is 1. The smallest absolute Gasteiger partial charge is 0.306 e. The molecule has 0 aromatic heterocycles. The quantitative estimate of drug-likeness (QED) is 0.867. The predicted octanol–water partition coefficient (Wildman–Crippen LogP) is 2.62. The van der Waals surface area contributed by atoms with Crippen LogP contribution in [0.2, 0.25) is 0 Å². The molecule has 0 atom stereocenters. The van der Waals surface area contributed by atoms with Crippen LogP contribution in [0.4, 0.5) is 14.5 Å². The molecule has 0 unspecified atom stereocenters. The highest BCUT2D eigenvalue weighted by atomic mass is 79.9. The van der Waals surface area contributed by atoms with Crippen molar-refractivity contribution in [3.63, 3.8) is 0 Å². The van der Waals surface area contributed by atoms with Gasteiger partial charge in [-0.15, -0.1) is 0 Å². The second kappa shape index (κ2) is 6.44. The molecule has 1 rings (SSSR count). The Balaban J connectivity index is 2.68. The van der Waals surface area contributed by atoms with Gasteiger partial charge in [0.2, 0.25) is 5.91 Å². The fourth-order valence-corrected chi connectivity index (χ4v) is 1.58. The second-order valence-corrected chi connectivity index (χ2v) is 4.28. The number of methoxy groups -OCH3 is 1. The summed E-state index contributed by atoms with van der Waals surface area (Å²) in [5.74, 6) is -3.02. The lowest BCUT2D eigenvalue weighted by Gasteiger charge is -2.07. The topological polar surface area (TPSA) is 55.4 Å². The SMILES string of the molecule is COC(=O)CCC(=O)Nc1c(F)cc(Br)cc1F. The molecule has 0 aliphatic carbocycles. The lowest BCUT2D eigenvalue weighted by molar-refractivity contribution is -0.141. The first-order chi connectivity index (χ1) is 8.43. The maximum absolute atomic E-state index is 13.4. The molecule has 1 N–H and O–H groups in total. The van der Waals surface area contributed by atoms with E-state index in [1.165, 1.54) is 7.11 Å². The largest absolute Gasteiger partial charge is 0.469 e. The van der Waals surface area contributed by atoms with E-state index in [9.17, 15) is 18.4 Å². The highest BCUT2D eigenvalue weighted by Gasteiger charge is 2.14. The zero-order valence-electron chi connectivity index (χ0n) is 9.43. The molecule has 0 radical (unpaired) electrons. The average Bonchev–Trinajstić information content (AvgIpc) is 2.30. The Morgan fingerprint density at radius 2 is 1.83 bits per heavy atom. The van der Waals surface area contributed by atoms with Crippen LogP contribution in [-0.4, -0.2) is 19.0 Å². The first-order valence-electron chi connectivity index (χ1n) is 4.95. The van der Waals surface area contributed by atoms with Crippen molar-refractivity contribution in [1.82, 2.24) is 0 Å². The van der Waals surface area contributed by atoms with E-state index in [0.717, 1.165) is 12.1 Å². The van der Waals surface area contributed by atoms with E-state index in [2.05, 4.69) is 26.0 Å². The Bertz CT molecular complexity index is 456. The molecule has 0 saturated carbocycles. The molecule has 0 bridgehead atoms. The molecule has 1 amide bonds. The van der Waals surface area contributed by atoms with Gasteiger partial charge in [-0.05, 0) is 12.1 Å². The van der Waals surface area contributed by atoms with Gasteiger partial charge >= 0.3 is 5.97 Å². The van der Waals surface area contributed by atoms with E-state index in [4.69, 9.17) is 0 Å². The average molecular weight is 322 g/mol. The maximum Gasteiger partial charge on any atom is 0.306 e. The number of nitrogens with one attached hydrogen (secondary N) is 1. The van der Waals surface area contributed by atoms with E-state index in [-0.39, 0.29) is 17.3 Å². The van der Waals surface area contributed by atoms with Crippen molar-refractivity contribution in [2.75, 3.05) is 12.4 Å². The monoisotopic (exact) mass is 321 g/mol. The van der Waals surface area contributed by atoms with Gasteiger partial charge in [0, 0.05) is 10.9 Å². The molecule has 98 valence electrons. The molecule has 18 heavy (non-hydrogen) atoms. The summed E-state index contributed by atoms with van der Waals surface area (Å²) in [6, 6.07) is 2.05. The van der Waals surface area contributed by atoms with Crippen molar-refractivity contribution in [2.24, 2.45) is 0 Å². The number of rotatable bonds is 4. The van der Waals surface area contributed by atoms with Crippen LogP contribution >= 0.6 is 15.9 Å². The molecule has 0 spiro atoms. The molecule has 1 aromatic rings. The fraction of sp³-hybridized carbons (Fsp3) is 0.273. The number of carbonyl (C=O) groups is 2. The van der Waals surface area contributed by atoms with Crippen molar-refractivity contribution in [3.8, 4) is 0 Å². The Morgan fingerprint density at radius 3 is 2.33 bits per heavy atom. The van der Waals surface area contributed by atoms with E-state index in [1.807, 2.05) is 0 Å². The van der Waals surface area contributed by atoms with Crippen LogP contribution in [0, 0.1) is 11.6 Å². The van der Waals surface area contributed by atoms with Crippen molar-refractivity contribution in [3.05, 3.63) is 28.2 Å². The molecular weight excluding hydrogens is 312 g/mol. The van der Waals surface area contributed by atoms with Crippen molar-refractivity contribution in [1.29, 1.82) is 0 Å². The van der Waals surface area contributed by atoms with Crippen LogP contribution < -0.4 is 5.32 Å². The summed E-state index contributed by atoms with van der Waals surface area (Å²) in [6.45, 7) is 0. The van der Waals surface area contributed by atoms with E-state index in [0.29, 0.717) is 0 Å². The van der Waals surface area contributed by atoms with Gasteiger partial charge in [0.15, 0.2) is 11.6 Å². The van der Waals surface area contributed by atoms with E-state index in [1.54, 1.807) is 0 Å². The predicted molar refractivity (Wildman–Crippen MR) is 63.9 cm³/mol. The summed E-state index contributed by atoms with van der Waals surface area (Å²) in [5.41, 5.74) is -0.534. The minimum atomic E-state index is -0.895. The summed E-state index contributed by atoms with van der Waals surface area (Å²) >= 11 is 2.92. The third kappa shape index (κ3) is 4.06. The lowest BCUT2D eigenvalue weighted by Crippen LogP contribution is -2.15. The Hall–Kier alpha value is -1.50. The molecule has 0 saturated heterocycles. The highest BCUT2D eigenvalue weighted by Crippen LogP contribution is 2.23. The zero-order chi connectivity index (χ0) is 13.7. The van der Waals surface area contributed by atoms with Gasteiger partial charge in [0.25, 0.3) is 0 Å². The van der Waals surface area contributed by atoms with Crippen LogP contribution in [0.15, 0.2) is 16.6 Å². The first kappa shape index (κ1) is 14.6. The van der Waals surface area contributed by atoms with Crippen molar-refractivity contribution in [2.45, 2.75) is 12.8 Å². The minimum Gasteiger partial charge on any atom is -0.469 e. The molecule has 0 heterocycles. The standard InChI is InChI=1S/C11H10BrF2NO3/c1-18-10(17)3-2-9(16)15-11-7(13)4-6(12)5-8(11)14/h4-5H,2-3H2,1H3,(H,15,16). The van der Waals surface area contributed by atoms with E-state index < -0.39 is 29.2 Å². The molecule has 7 heteroatoms. The van der Waals surface area contributed by atoms with Gasteiger partial charge in [-0.2, -0.15) is 0 Å². The van der Waals surface area contributed by atoms with Crippen molar-refractivity contribution < 1.29 is 23.1 Å². The number of benzene rings is 1. The summed E-state index contributed by atoms with van der Waals surface area (Å²) in [6.07, 6.45) is -0.357. The summed E-state index contributed by atoms with van der Waals surface area (Å²) in [4.78, 5) is 22.1. The number of hydrogen-bond acceptors (Lipinski definition) is 3. The fourth-order valence-electron chi connectivity index (χ4n) is 1.18. The number of amides is 1. The molecule has 1 aromatic carbocycles. The number of esters is 1. The van der Waals surface area contributed by atoms with Crippen LogP contribution in [0.3, 0.4) is 0 Å². The molecule has 0 fully saturated rings. The number of ether oxygens (including phenoxy) is 1. The van der Waals surface area contributed by atoms with Gasteiger partial charge in [-0.1, -0.05) is 15.9 Å². The number of halogens is 3. The number of carbonyl (C=O) groups excluding carboxylic acids is 2. The normalized spacial score (nSPS) is 10.0. The Kier molecular flexibility index (Phi) is 5.21. The van der Waals surface area contributed by atoms with Crippen LogP contribution in [-0.2, 0) is 14.3 Å². The molecule has 0 aliphatic heterocycles. The highest BCUT2D eigenvalue weighted by molar-refractivity contribution is 9.10. The van der Waals surface area contributed by atoms with Gasteiger partial charge in [-0.3, -0.25) is 9.59 Å². The van der Waals surface area contributed by atoms with Crippen molar-refractivity contribution >= 4 is 33.5 Å². The zero-order valence-corrected chi connectivity index (χ0v) is 11.0.